The van der Waals surface area contributed by atoms with E-state index in [2.05, 4.69) is 6.07 Å². The van der Waals surface area contributed by atoms with Gasteiger partial charge in [0, 0.05) is 5.39 Å². The summed E-state index contributed by atoms with van der Waals surface area (Å²) in [5.41, 5.74) is 5.27. The molecule has 0 N–H and O–H groups in total. The van der Waals surface area contributed by atoms with Crippen LogP contribution in [-0.2, 0) is 0 Å². The molecule has 3 aromatic rings. The summed E-state index contributed by atoms with van der Waals surface area (Å²) in [7, 11) is 0. The Morgan fingerprint density at radius 2 is 1.55 bits per heavy atom. The van der Waals surface area contributed by atoms with E-state index in [4.69, 9.17) is 4.42 Å². The van der Waals surface area contributed by atoms with E-state index >= 15 is 0 Å². The van der Waals surface area contributed by atoms with Gasteiger partial charge in [-0.3, -0.25) is 0 Å². The van der Waals surface area contributed by atoms with Crippen LogP contribution in [0, 0.1) is 20.8 Å². The summed E-state index contributed by atoms with van der Waals surface area (Å²) in [5, 5.41) is 0.991. The average Bonchev–Trinajstić information content (AvgIpc) is 2.39. The number of fused-ring (bicyclic) bond motifs is 1. The minimum absolute atomic E-state index is 0.286. The molecular formula is C18H16O2. The smallest absolute Gasteiger partial charge is 0.344 e. The van der Waals surface area contributed by atoms with Gasteiger partial charge in [-0.1, -0.05) is 35.9 Å². The Balaban J connectivity index is 2.29. The second kappa shape index (κ2) is 4.64. The van der Waals surface area contributed by atoms with Crippen LogP contribution >= 0.6 is 0 Å². The molecule has 0 spiro atoms. The summed E-state index contributed by atoms with van der Waals surface area (Å²) in [5.74, 6) is 0. The Bertz CT molecular complexity index is 840. The Labute approximate surface area is 117 Å². The predicted molar refractivity (Wildman–Crippen MR) is 82.1 cm³/mol. The maximum absolute atomic E-state index is 12.2. The standard InChI is InChI=1S/C18H16O2/c1-11-4-6-14(7-5-11)16-10-15-13(3)8-12(2)9-17(15)20-18(16)19/h4-10H,1-3H3. The highest BCUT2D eigenvalue weighted by Crippen LogP contribution is 2.24. The summed E-state index contributed by atoms with van der Waals surface area (Å²) < 4.78 is 5.48. The van der Waals surface area contributed by atoms with Crippen LogP contribution in [-0.4, -0.2) is 0 Å². The molecule has 0 unspecified atom stereocenters. The monoisotopic (exact) mass is 264 g/mol. The van der Waals surface area contributed by atoms with Crippen molar-refractivity contribution >= 4 is 11.0 Å². The van der Waals surface area contributed by atoms with E-state index in [1.165, 1.54) is 5.56 Å². The zero-order valence-corrected chi connectivity index (χ0v) is 11.9. The lowest BCUT2D eigenvalue weighted by atomic mass is 10.0. The maximum atomic E-state index is 12.2. The van der Waals surface area contributed by atoms with Gasteiger partial charge >= 0.3 is 5.63 Å². The zero-order valence-electron chi connectivity index (χ0n) is 11.9. The number of hydrogen-bond acceptors (Lipinski definition) is 2. The molecule has 0 amide bonds. The first-order valence-electron chi connectivity index (χ1n) is 6.67. The molecule has 0 radical (unpaired) electrons. The van der Waals surface area contributed by atoms with E-state index in [1.807, 2.05) is 57.2 Å². The lowest BCUT2D eigenvalue weighted by Crippen LogP contribution is -2.03. The molecular weight excluding hydrogens is 248 g/mol. The van der Waals surface area contributed by atoms with E-state index in [0.717, 1.165) is 22.1 Å². The zero-order chi connectivity index (χ0) is 14.3. The molecule has 0 fully saturated rings. The first kappa shape index (κ1) is 12.7. The van der Waals surface area contributed by atoms with Crippen LogP contribution in [0.25, 0.3) is 22.1 Å². The fourth-order valence-electron chi connectivity index (χ4n) is 2.50. The van der Waals surface area contributed by atoms with Crippen molar-refractivity contribution in [3.63, 3.8) is 0 Å². The van der Waals surface area contributed by atoms with Crippen molar-refractivity contribution in [3.05, 3.63) is 69.6 Å². The fraction of sp³-hybridized carbons (Fsp3) is 0.167. The van der Waals surface area contributed by atoms with Gasteiger partial charge in [-0.2, -0.15) is 0 Å². The summed E-state index contributed by atoms with van der Waals surface area (Å²) in [4.78, 5) is 12.2. The third-order valence-electron chi connectivity index (χ3n) is 3.57. The van der Waals surface area contributed by atoms with Crippen molar-refractivity contribution in [2.75, 3.05) is 0 Å². The van der Waals surface area contributed by atoms with E-state index in [1.54, 1.807) is 0 Å². The molecule has 0 bridgehead atoms. The minimum Gasteiger partial charge on any atom is -0.422 e. The van der Waals surface area contributed by atoms with Gasteiger partial charge in [-0.05, 0) is 49.6 Å². The third kappa shape index (κ3) is 2.14. The Kier molecular flexibility index (Phi) is 2.94. The maximum Gasteiger partial charge on any atom is 0.344 e. The first-order valence-corrected chi connectivity index (χ1v) is 6.67. The average molecular weight is 264 g/mol. The molecule has 1 heterocycles. The van der Waals surface area contributed by atoms with Gasteiger partial charge < -0.3 is 4.42 Å². The second-order valence-electron chi connectivity index (χ2n) is 5.31. The van der Waals surface area contributed by atoms with Crippen molar-refractivity contribution in [2.24, 2.45) is 0 Å². The molecule has 0 saturated heterocycles. The van der Waals surface area contributed by atoms with Crippen molar-refractivity contribution in [1.82, 2.24) is 0 Å². The Morgan fingerprint density at radius 1 is 0.850 bits per heavy atom. The normalized spacial score (nSPS) is 10.9. The van der Waals surface area contributed by atoms with Gasteiger partial charge in [0.15, 0.2) is 0 Å². The third-order valence-corrected chi connectivity index (χ3v) is 3.57. The van der Waals surface area contributed by atoms with Gasteiger partial charge in [0.1, 0.15) is 5.58 Å². The molecule has 0 aliphatic rings. The van der Waals surface area contributed by atoms with Gasteiger partial charge in [0.2, 0.25) is 0 Å². The van der Waals surface area contributed by atoms with Crippen LogP contribution in [0.15, 0.2) is 51.7 Å². The SMILES string of the molecule is Cc1ccc(-c2cc3c(C)cc(C)cc3oc2=O)cc1. The molecule has 20 heavy (non-hydrogen) atoms. The summed E-state index contributed by atoms with van der Waals surface area (Å²) in [6, 6.07) is 13.8. The number of hydrogen-bond donors (Lipinski definition) is 0. The molecule has 100 valence electrons. The van der Waals surface area contributed by atoms with Crippen LogP contribution in [0.2, 0.25) is 0 Å². The van der Waals surface area contributed by atoms with Crippen LogP contribution in [0.5, 0.6) is 0 Å². The highest BCUT2D eigenvalue weighted by atomic mass is 16.4. The molecule has 3 rings (SSSR count). The van der Waals surface area contributed by atoms with Crippen LogP contribution < -0.4 is 5.63 Å². The molecule has 2 heteroatoms. The quantitative estimate of drug-likeness (QED) is 0.610. The largest absolute Gasteiger partial charge is 0.422 e. The molecule has 0 aliphatic carbocycles. The topological polar surface area (TPSA) is 30.2 Å². The molecule has 1 aromatic heterocycles. The van der Waals surface area contributed by atoms with Crippen LogP contribution in [0.1, 0.15) is 16.7 Å². The minimum atomic E-state index is -0.286. The lowest BCUT2D eigenvalue weighted by molar-refractivity contribution is 0.563. The highest BCUT2D eigenvalue weighted by Gasteiger charge is 2.09. The van der Waals surface area contributed by atoms with Gasteiger partial charge in [-0.15, -0.1) is 0 Å². The number of rotatable bonds is 1. The van der Waals surface area contributed by atoms with Crippen LogP contribution in [0.4, 0.5) is 0 Å². The lowest BCUT2D eigenvalue weighted by Gasteiger charge is -2.06. The number of aryl methyl sites for hydroxylation is 3. The molecule has 0 aliphatic heterocycles. The van der Waals surface area contributed by atoms with E-state index in [-0.39, 0.29) is 5.63 Å². The summed E-state index contributed by atoms with van der Waals surface area (Å²) >= 11 is 0. The molecule has 2 nitrogen and oxygen atoms in total. The van der Waals surface area contributed by atoms with Crippen molar-refractivity contribution < 1.29 is 4.42 Å². The Hall–Kier alpha value is -2.35. The predicted octanol–water partition coefficient (Wildman–Crippen LogP) is 4.39. The first-order chi connectivity index (χ1) is 9.54. The Morgan fingerprint density at radius 3 is 2.25 bits per heavy atom. The van der Waals surface area contributed by atoms with E-state index in [0.29, 0.717) is 11.1 Å². The second-order valence-corrected chi connectivity index (χ2v) is 5.31. The highest BCUT2D eigenvalue weighted by molar-refractivity contribution is 5.85. The van der Waals surface area contributed by atoms with Crippen molar-refractivity contribution in [1.29, 1.82) is 0 Å². The van der Waals surface area contributed by atoms with Gasteiger partial charge in [-0.25, -0.2) is 4.79 Å². The van der Waals surface area contributed by atoms with Crippen molar-refractivity contribution in [3.8, 4) is 11.1 Å². The van der Waals surface area contributed by atoms with Crippen molar-refractivity contribution in [2.45, 2.75) is 20.8 Å². The summed E-state index contributed by atoms with van der Waals surface area (Å²) in [6.07, 6.45) is 0. The number of benzene rings is 2. The molecule has 2 aromatic carbocycles. The fourth-order valence-corrected chi connectivity index (χ4v) is 2.50. The van der Waals surface area contributed by atoms with Crippen LogP contribution in [0.3, 0.4) is 0 Å². The van der Waals surface area contributed by atoms with Gasteiger partial charge in [0.05, 0.1) is 5.56 Å². The van der Waals surface area contributed by atoms with E-state index in [9.17, 15) is 4.79 Å². The summed E-state index contributed by atoms with van der Waals surface area (Å²) in [6.45, 7) is 6.06. The van der Waals surface area contributed by atoms with E-state index < -0.39 is 0 Å². The molecule has 0 atom stereocenters. The van der Waals surface area contributed by atoms with Gasteiger partial charge in [0.25, 0.3) is 0 Å². The molecule has 0 saturated carbocycles.